The number of thiazole rings is 1. The van der Waals surface area contributed by atoms with Crippen LogP contribution in [0.25, 0.3) is 11.3 Å². The summed E-state index contributed by atoms with van der Waals surface area (Å²) in [6.45, 7) is 6.76. The molecule has 0 bridgehead atoms. The van der Waals surface area contributed by atoms with Crippen LogP contribution in [0.15, 0.2) is 47.8 Å². The van der Waals surface area contributed by atoms with E-state index in [9.17, 15) is 4.79 Å². The number of hydrogen-bond donors (Lipinski definition) is 0. The van der Waals surface area contributed by atoms with Crippen molar-refractivity contribution in [2.75, 3.05) is 56.2 Å². The third-order valence-corrected chi connectivity index (χ3v) is 7.12. The van der Waals surface area contributed by atoms with Crippen molar-refractivity contribution in [3.63, 3.8) is 0 Å². The molecule has 0 N–H and O–H groups in total. The summed E-state index contributed by atoms with van der Waals surface area (Å²) in [4.78, 5) is 24.3. The van der Waals surface area contributed by atoms with Crippen molar-refractivity contribution in [2.24, 2.45) is 0 Å². The zero-order valence-corrected chi connectivity index (χ0v) is 19.4. The molecule has 7 heteroatoms. The van der Waals surface area contributed by atoms with Gasteiger partial charge in [-0.1, -0.05) is 18.2 Å². The summed E-state index contributed by atoms with van der Waals surface area (Å²) in [6, 6.07) is 14.5. The van der Waals surface area contributed by atoms with Gasteiger partial charge in [-0.2, -0.15) is 0 Å². The first-order chi connectivity index (χ1) is 15.6. The van der Waals surface area contributed by atoms with E-state index < -0.39 is 0 Å². The maximum absolute atomic E-state index is 13.1. The molecule has 166 valence electrons. The van der Waals surface area contributed by atoms with Crippen LogP contribution in [-0.4, -0.2) is 62.2 Å². The van der Waals surface area contributed by atoms with E-state index in [-0.39, 0.29) is 5.91 Å². The molecule has 2 aromatic carbocycles. The third kappa shape index (κ3) is 4.10. The number of carbonyl (C=O) groups excluding carboxylic acids is 1. The highest BCUT2D eigenvalue weighted by Crippen LogP contribution is 2.33. The van der Waals surface area contributed by atoms with Gasteiger partial charge in [-0.3, -0.25) is 9.69 Å². The summed E-state index contributed by atoms with van der Waals surface area (Å²) in [6.07, 6.45) is 0.902. The van der Waals surface area contributed by atoms with Crippen LogP contribution in [0.2, 0.25) is 0 Å². The van der Waals surface area contributed by atoms with Gasteiger partial charge < -0.3 is 14.5 Å². The van der Waals surface area contributed by atoms with Crippen LogP contribution in [0.1, 0.15) is 10.6 Å². The molecule has 0 spiro atoms. The fourth-order valence-electron chi connectivity index (χ4n) is 4.63. The summed E-state index contributed by atoms with van der Waals surface area (Å²) < 4.78 is 5.51. The molecular weight excluding hydrogens is 420 g/mol. The van der Waals surface area contributed by atoms with Crippen molar-refractivity contribution >= 4 is 28.6 Å². The smallest absolute Gasteiger partial charge is 0.241 e. The number of amides is 1. The summed E-state index contributed by atoms with van der Waals surface area (Å²) >= 11 is 1.67. The van der Waals surface area contributed by atoms with Crippen LogP contribution >= 0.6 is 11.3 Å². The largest absolute Gasteiger partial charge is 0.495 e. The SMILES string of the molecule is COc1ccccc1N1CCN(CC(=O)N2CCc3cc(-c4csc(C)n4)ccc32)CC1. The number of aryl methyl sites for hydroxylation is 1. The van der Waals surface area contributed by atoms with Crippen molar-refractivity contribution in [1.29, 1.82) is 0 Å². The highest BCUT2D eigenvalue weighted by molar-refractivity contribution is 7.09. The lowest BCUT2D eigenvalue weighted by molar-refractivity contribution is -0.119. The standard InChI is InChI=1S/C25H28N4O2S/c1-18-26-21(17-32-18)19-7-8-22-20(15-19)9-10-29(22)25(30)16-27-11-13-28(14-12-27)23-5-3-4-6-24(23)31-2/h3-8,15,17H,9-14,16H2,1-2H3. The maximum atomic E-state index is 13.1. The highest BCUT2D eigenvalue weighted by Gasteiger charge is 2.28. The maximum Gasteiger partial charge on any atom is 0.241 e. The Labute approximate surface area is 193 Å². The van der Waals surface area contributed by atoms with Gasteiger partial charge in [0.05, 0.1) is 30.0 Å². The molecule has 0 atom stereocenters. The molecule has 32 heavy (non-hydrogen) atoms. The minimum Gasteiger partial charge on any atom is -0.495 e. The van der Waals surface area contributed by atoms with Crippen molar-refractivity contribution in [3.8, 4) is 17.0 Å². The fraction of sp³-hybridized carbons (Fsp3) is 0.360. The van der Waals surface area contributed by atoms with E-state index >= 15 is 0 Å². The molecule has 3 heterocycles. The lowest BCUT2D eigenvalue weighted by atomic mass is 10.1. The fourth-order valence-corrected chi connectivity index (χ4v) is 5.25. The molecule has 5 rings (SSSR count). The van der Waals surface area contributed by atoms with Crippen LogP contribution in [0, 0.1) is 6.92 Å². The number of carbonyl (C=O) groups is 1. The number of anilines is 2. The van der Waals surface area contributed by atoms with Crippen LogP contribution < -0.4 is 14.5 Å². The predicted molar refractivity (Wildman–Crippen MR) is 130 cm³/mol. The second kappa shape index (κ2) is 8.92. The van der Waals surface area contributed by atoms with Crippen LogP contribution in [0.4, 0.5) is 11.4 Å². The summed E-state index contributed by atoms with van der Waals surface area (Å²) in [5, 5.41) is 3.17. The Kier molecular flexibility index (Phi) is 5.85. The number of nitrogens with zero attached hydrogens (tertiary/aromatic N) is 4. The van der Waals surface area contributed by atoms with Gasteiger partial charge in [-0.15, -0.1) is 11.3 Å². The molecule has 2 aliphatic rings. The van der Waals surface area contributed by atoms with Gasteiger partial charge in [0.25, 0.3) is 0 Å². The van der Waals surface area contributed by atoms with Gasteiger partial charge in [-0.25, -0.2) is 4.98 Å². The molecule has 0 saturated carbocycles. The molecular formula is C25H28N4O2S. The highest BCUT2D eigenvalue weighted by atomic mass is 32.1. The van der Waals surface area contributed by atoms with E-state index in [2.05, 4.69) is 44.4 Å². The second-order valence-corrected chi connectivity index (χ2v) is 9.39. The number of para-hydroxylation sites is 2. The van der Waals surface area contributed by atoms with Crippen molar-refractivity contribution in [3.05, 3.63) is 58.4 Å². The number of hydrogen-bond acceptors (Lipinski definition) is 6. The van der Waals surface area contributed by atoms with Gasteiger partial charge >= 0.3 is 0 Å². The monoisotopic (exact) mass is 448 g/mol. The van der Waals surface area contributed by atoms with Crippen LogP contribution in [0.5, 0.6) is 5.75 Å². The number of aromatic nitrogens is 1. The van der Waals surface area contributed by atoms with E-state index in [0.29, 0.717) is 6.54 Å². The quantitative estimate of drug-likeness (QED) is 0.594. The van der Waals surface area contributed by atoms with Gasteiger partial charge in [0.2, 0.25) is 5.91 Å². The van der Waals surface area contributed by atoms with E-state index in [1.165, 1.54) is 5.56 Å². The average molecular weight is 449 g/mol. The second-order valence-electron chi connectivity index (χ2n) is 8.33. The Balaban J connectivity index is 1.21. The molecule has 1 fully saturated rings. The molecule has 2 aliphatic heterocycles. The number of methoxy groups -OCH3 is 1. The van der Waals surface area contributed by atoms with E-state index in [4.69, 9.17) is 4.74 Å². The van der Waals surface area contributed by atoms with Crippen molar-refractivity contribution in [1.82, 2.24) is 9.88 Å². The van der Waals surface area contributed by atoms with Crippen LogP contribution in [0.3, 0.4) is 0 Å². The van der Waals surface area contributed by atoms with Gasteiger partial charge in [0.15, 0.2) is 0 Å². The third-order valence-electron chi connectivity index (χ3n) is 6.35. The van der Waals surface area contributed by atoms with Gasteiger partial charge in [0.1, 0.15) is 5.75 Å². The topological polar surface area (TPSA) is 48.9 Å². The average Bonchev–Trinajstić information content (AvgIpc) is 3.45. The van der Waals surface area contributed by atoms with Crippen molar-refractivity contribution in [2.45, 2.75) is 13.3 Å². The molecule has 1 saturated heterocycles. The van der Waals surface area contributed by atoms with Crippen LogP contribution in [-0.2, 0) is 11.2 Å². The first-order valence-corrected chi connectivity index (χ1v) is 12.0. The summed E-state index contributed by atoms with van der Waals surface area (Å²) in [7, 11) is 1.71. The number of fused-ring (bicyclic) bond motifs is 1. The Hall–Kier alpha value is -2.90. The summed E-state index contributed by atoms with van der Waals surface area (Å²) in [5.74, 6) is 1.09. The first kappa shape index (κ1) is 21.0. The van der Waals surface area contributed by atoms with E-state index in [0.717, 1.165) is 72.5 Å². The molecule has 0 radical (unpaired) electrons. The Bertz CT molecular complexity index is 1120. The lowest BCUT2D eigenvalue weighted by Crippen LogP contribution is -2.50. The molecule has 3 aromatic rings. The molecule has 1 amide bonds. The molecule has 6 nitrogen and oxygen atoms in total. The van der Waals surface area contributed by atoms with Crippen molar-refractivity contribution < 1.29 is 9.53 Å². The van der Waals surface area contributed by atoms with E-state index in [1.54, 1.807) is 18.4 Å². The zero-order valence-electron chi connectivity index (χ0n) is 18.6. The number of rotatable bonds is 5. The summed E-state index contributed by atoms with van der Waals surface area (Å²) in [5.41, 5.74) is 5.57. The Morgan fingerprint density at radius 2 is 1.88 bits per heavy atom. The van der Waals surface area contributed by atoms with Gasteiger partial charge in [0, 0.05) is 49.4 Å². The Morgan fingerprint density at radius 1 is 1.06 bits per heavy atom. The van der Waals surface area contributed by atoms with E-state index in [1.807, 2.05) is 30.0 Å². The molecule has 0 unspecified atom stereocenters. The molecule has 1 aromatic heterocycles. The predicted octanol–water partition coefficient (Wildman–Crippen LogP) is 3.84. The molecule has 0 aliphatic carbocycles. The first-order valence-electron chi connectivity index (χ1n) is 11.1. The zero-order chi connectivity index (χ0) is 22.1. The number of benzene rings is 2. The minimum atomic E-state index is 0.187. The number of piperazine rings is 1. The Morgan fingerprint density at radius 3 is 2.62 bits per heavy atom. The minimum absolute atomic E-state index is 0.187. The number of ether oxygens (including phenoxy) is 1. The van der Waals surface area contributed by atoms with Gasteiger partial charge in [-0.05, 0) is 43.2 Å². The normalized spacial score (nSPS) is 16.3. The lowest BCUT2D eigenvalue weighted by Gasteiger charge is -2.36.